The summed E-state index contributed by atoms with van der Waals surface area (Å²) in [6, 6.07) is 0. The second-order valence-corrected chi connectivity index (χ2v) is 8.37. The van der Waals surface area contributed by atoms with E-state index in [-0.39, 0.29) is 12.0 Å². The van der Waals surface area contributed by atoms with Crippen LogP contribution in [-0.2, 0) is 22.6 Å². The van der Waals surface area contributed by atoms with Crippen molar-refractivity contribution in [2.45, 2.75) is 26.1 Å². The number of hydrogen-bond donors (Lipinski definition) is 3. The number of nitrogens with one attached hydrogen (secondary N) is 1. The summed E-state index contributed by atoms with van der Waals surface area (Å²) in [4.78, 5) is 40.1. The normalized spacial score (nSPS) is 14.4. The molecule has 2 aromatic rings. The Morgan fingerprint density at radius 1 is 1.27 bits per heavy atom. The van der Waals surface area contributed by atoms with Gasteiger partial charge in [0.2, 0.25) is 5.43 Å². The number of alkyl halides is 3. The molecule has 1 fully saturated rings. The van der Waals surface area contributed by atoms with Crippen LogP contribution in [0.5, 0.6) is 0 Å². The number of fused-ring (bicyclic) bond motifs is 1. The Labute approximate surface area is 180 Å². The fourth-order valence-electron chi connectivity index (χ4n) is 2.99. The predicted octanol–water partition coefficient (Wildman–Crippen LogP) is 1.91. The summed E-state index contributed by atoms with van der Waals surface area (Å²) >= 11 is 4.60. The van der Waals surface area contributed by atoms with Gasteiger partial charge in [-0.25, -0.2) is 9.78 Å². The number of thiazole rings is 1. The van der Waals surface area contributed by atoms with E-state index in [4.69, 9.17) is 9.90 Å². The van der Waals surface area contributed by atoms with E-state index >= 15 is 0 Å². The average molecular weight is 515 g/mol. The van der Waals surface area contributed by atoms with Crippen molar-refractivity contribution in [3.05, 3.63) is 19.8 Å². The van der Waals surface area contributed by atoms with Crippen LogP contribution in [0.15, 0.2) is 8.71 Å². The van der Waals surface area contributed by atoms with Crippen molar-refractivity contribution < 1.29 is 33.0 Å². The minimum atomic E-state index is -5.08. The number of carboxylic acid groups (broad SMARTS) is 2. The highest BCUT2D eigenvalue weighted by Gasteiger charge is 2.38. The van der Waals surface area contributed by atoms with E-state index in [0.29, 0.717) is 26.4 Å². The molecule has 0 amide bonds. The summed E-state index contributed by atoms with van der Waals surface area (Å²) in [7, 11) is 0. The molecular weight excluding hydrogens is 497 g/mol. The Kier molecular flexibility index (Phi) is 7.82. The van der Waals surface area contributed by atoms with Crippen LogP contribution in [0.1, 0.15) is 12.6 Å². The molecule has 0 bridgehead atoms. The largest absolute Gasteiger partial charge is 0.490 e. The third-order valence-electron chi connectivity index (χ3n) is 4.16. The monoisotopic (exact) mass is 514 g/mol. The summed E-state index contributed by atoms with van der Waals surface area (Å²) in [6.45, 7) is 4.84. The van der Waals surface area contributed by atoms with E-state index in [1.165, 1.54) is 11.3 Å². The van der Waals surface area contributed by atoms with Crippen molar-refractivity contribution in [2.24, 2.45) is 0 Å². The third kappa shape index (κ3) is 5.49. The van der Waals surface area contributed by atoms with Crippen LogP contribution < -0.4 is 15.6 Å². The lowest BCUT2D eigenvalue weighted by Crippen LogP contribution is -2.46. The van der Waals surface area contributed by atoms with Gasteiger partial charge in [-0.3, -0.25) is 9.59 Å². The maximum Gasteiger partial charge on any atom is 0.490 e. The van der Waals surface area contributed by atoms with E-state index in [0.717, 1.165) is 31.9 Å². The SMILES string of the molecule is CCc1c(N2CCNCC2)c(=O)c2nc(Br)sc2n1CC(=O)O.O=C(O)C(F)(F)F. The highest BCUT2D eigenvalue weighted by molar-refractivity contribution is 9.11. The Balaban J connectivity index is 0.000000396. The van der Waals surface area contributed by atoms with Gasteiger partial charge >= 0.3 is 18.1 Å². The maximum atomic E-state index is 13.0. The first kappa shape index (κ1) is 24.1. The predicted molar refractivity (Wildman–Crippen MR) is 107 cm³/mol. The fraction of sp³-hybridized carbons (Fsp3) is 0.500. The van der Waals surface area contributed by atoms with Crippen LogP contribution in [0.2, 0.25) is 0 Å². The molecule has 3 heterocycles. The number of anilines is 1. The molecule has 166 valence electrons. The van der Waals surface area contributed by atoms with Crippen LogP contribution in [0.3, 0.4) is 0 Å². The van der Waals surface area contributed by atoms with Gasteiger partial charge in [0, 0.05) is 31.9 Å². The number of aromatic nitrogens is 2. The topological polar surface area (TPSA) is 125 Å². The van der Waals surface area contributed by atoms with Gasteiger partial charge in [-0.15, -0.1) is 0 Å². The van der Waals surface area contributed by atoms with E-state index in [2.05, 4.69) is 26.2 Å². The van der Waals surface area contributed by atoms with Gasteiger partial charge in [-0.1, -0.05) is 18.3 Å². The van der Waals surface area contributed by atoms with E-state index in [1.807, 2.05) is 11.8 Å². The minimum absolute atomic E-state index is 0.109. The van der Waals surface area contributed by atoms with Crippen LogP contribution in [0, 0.1) is 0 Å². The lowest BCUT2D eigenvalue weighted by molar-refractivity contribution is -0.192. The molecule has 0 atom stereocenters. The second-order valence-electron chi connectivity index (χ2n) is 6.12. The maximum absolute atomic E-state index is 13.0. The Morgan fingerprint density at radius 2 is 1.83 bits per heavy atom. The van der Waals surface area contributed by atoms with Gasteiger partial charge in [0.1, 0.15) is 22.6 Å². The van der Waals surface area contributed by atoms with E-state index in [9.17, 15) is 27.9 Å². The van der Waals surface area contributed by atoms with Gasteiger partial charge in [-0.05, 0) is 22.4 Å². The quantitative estimate of drug-likeness (QED) is 0.565. The molecule has 3 rings (SSSR count). The Bertz CT molecular complexity index is 1000. The number of carbonyl (C=O) groups is 2. The lowest BCUT2D eigenvalue weighted by atomic mass is 10.1. The number of nitrogens with zero attached hydrogens (tertiary/aromatic N) is 3. The molecule has 1 saturated heterocycles. The minimum Gasteiger partial charge on any atom is -0.480 e. The van der Waals surface area contributed by atoms with Crippen molar-refractivity contribution in [3.63, 3.8) is 0 Å². The highest BCUT2D eigenvalue weighted by Crippen LogP contribution is 2.29. The Morgan fingerprint density at radius 3 is 2.30 bits per heavy atom. The van der Waals surface area contributed by atoms with Crippen molar-refractivity contribution in [1.29, 1.82) is 0 Å². The molecule has 30 heavy (non-hydrogen) atoms. The van der Waals surface area contributed by atoms with Crippen molar-refractivity contribution in [2.75, 3.05) is 31.1 Å². The van der Waals surface area contributed by atoms with Crippen LogP contribution in [-0.4, -0.2) is 64.1 Å². The lowest BCUT2D eigenvalue weighted by Gasteiger charge is -2.31. The molecule has 0 saturated carbocycles. The summed E-state index contributed by atoms with van der Waals surface area (Å²) in [5.41, 5.74) is 1.60. The van der Waals surface area contributed by atoms with Crippen molar-refractivity contribution >= 4 is 55.2 Å². The van der Waals surface area contributed by atoms with Crippen LogP contribution in [0.4, 0.5) is 18.9 Å². The van der Waals surface area contributed by atoms with Crippen molar-refractivity contribution in [1.82, 2.24) is 14.9 Å². The van der Waals surface area contributed by atoms with Gasteiger partial charge in [0.15, 0.2) is 3.92 Å². The molecule has 14 heteroatoms. The smallest absolute Gasteiger partial charge is 0.480 e. The number of hydrogen-bond acceptors (Lipinski definition) is 7. The molecule has 0 aliphatic carbocycles. The number of pyridine rings is 1. The summed E-state index contributed by atoms with van der Waals surface area (Å²) < 4.78 is 34.0. The summed E-state index contributed by atoms with van der Waals surface area (Å²) in [6.07, 6.45) is -4.49. The van der Waals surface area contributed by atoms with Gasteiger partial charge in [0.05, 0.1) is 0 Å². The van der Waals surface area contributed by atoms with E-state index < -0.39 is 18.1 Å². The zero-order chi connectivity index (χ0) is 22.6. The zero-order valence-electron chi connectivity index (χ0n) is 15.6. The zero-order valence-corrected chi connectivity index (χ0v) is 18.0. The van der Waals surface area contributed by atoms with Gasteiger partial charge in [-0.2, -0.15) is 13.2 Å². The molecule has 2 aromatic heterocycles. The highest BCUT2D eigenvalue weighted by atomic mass is 79.9. The first-order valence-electron chi connectivity index (χ1n) is 8.66. The first-order chi connectivity index (χ1) is 14.0. The van der Waals surface area contributed by atoms with E-state index in [1.54, 1.807) is 4.57 Å². The molecule has 9 nitrogen and oxygen atoms in total. The average Bonchev–Trinajstić information content (AvgIpc) is 3.06. The first-order valence-corrected chi connectivity index (χ1v) is 10.3. The Hall–Kier alpha value is -2.19. The summed E-state index contributed by atoms with van der Waals surface area (Å²) in [5.74, 6) is -3.69. The third-order valence-corrected chi connectivity index (χ3v) is 5.69. The molecule has 0 unspecified atom stereocenters. The molecule has 0 radical (unpaired) electrons. The van der Waals surface area contributed by atoms with Crippen molar-refractivity contribution in [3.8, 4) is 0 Å². The van der Waals surface area contributed by atoms with Gasteiger partial charge in [0.25, 0.3) is 0 Å². The number of piperazine rings is 1. The second kappa shape index (κ2) is 9.75. The number of halogens is 4. The molecule has 1 aliphatic heterocycles. The molecule has 1 aliphatic rings. The van der Waals surface area contributed by atoms with Crippen LogP contribution >= 0.6 is 27.3 Å². The summed E-state index contributed by atoms with van der Waals surface area (Å²) in [5, 5.41) is 19.7. The van der Waals surface area contributed by atoms with Crippen LogP contribution in [0.25, 0.3) is 10.3 Å². The van der Waals surface area contributed by atoms with Gasteiger partial charge < -0.3 is 25.0 Å². The number of carboxylic acids is 2. The fourth-order valence-corrected chi connectivity index (χ4v) is 4.44. The molecule has 3 N–H and O–H groups in total. The molecule has 0 aromatic carbocycles. The molecular formula is C16H18BrF3N4O5S. The number of aliphatic carboxylic acids is 2. The molecule has 0 spiro atoms. The number of rotatable bonds is 4. The standard InChI is InChI=1S/C14H17BrN4O3S.C2HF3O2/c1-2-8-11(18-5-3-16-4-6-18)12(22)10-13(23-14(15)17-10)19(8)7-9(20)21;3-2(4,5)1(6)7/h16H,2-7H2,1H3,(H,20,21);(H,6,7).